The highest BCUT2D eigenvalue weighted by Crippen LogP contribution is 2.46. The predicted octanol–water partition coefficient (Wildman–Crippen LogP) is 3.47. The molecule has 1 saturated carbocycles. The van der Waals surface area contributed by atoms with E-state index in [0.29, 0.717) is 5.41 Å². The summed E-state index contributed by atoms with van der Waals surface area (Å²) < 4.78 is 0. The molecule has 10 heavy (non-hydrogen) atoms. The average Bonchev–Trinajstić information content (AvgIpc) is 2.08. The van der Waals surface area contributed by atoms with E-state index in [1.54, 1.807) is 0 Å². The summed E-state index contributed by atoms with van der Waals surface area (Å²) in [5.41, 5.74) is 0.633. The Labute approximate surface area is 65.0 Å². The standard InChI is InChI=1S/C10H20/c1-8(2)9-6-5-7-10(9,3)4/h8-9H,5-7H2,1-4H3. The van der Waals surface area contributed by atoms with Gasteiger partial charge >= 0.3 is 0 Å². The first-order valence-corrected chi connectivity index (χ1v) is 4.54. The van der Waals surface area contributed by atoms with Gasteiger partial charge in [0.25, 0.3) is 0 Å². The van der Waals surface area contributed by atoms with Gasteiger partial charge in [-0.05, 0) is 30.1 Å². The third kappa shape index (κ3) is 1.36. The monoisotopic (exact) mass is 140 g/mol. The zero-order chi connectivity index (χ0) is 7.78. The minimum Gasteiger partial charge on any atom is -0.0625 e. The molecule has 0 spiro atoms. The first-order chi connectivity index (χ1) is 4.54. The molecule has 0 radical (unpaired) electrons. The first kappa shape index (κ1) is 8.10. The van der Waals surface area contributed by atoms with Crippen LogP contribution in [0.2, 0.25) is 0 Å². The molecule has 0 heterocycles. The lowest BCUT2D eigenvalue weighted by Gasteiger charge is -2.30. The Hall–Kier alpha value is 0. The lowest BCUT2D eigenvalue weighted by molar-refractivity contribution is 0.199. The van der Waals surface area contributed by atoms with Crippen molar-refractivity contribution in [2.75, 3.05) is 0 Å². The predicted molar refractivity (Wildman–Crippen MR) is 46.0 cm³/mol. The quantitative estimate of drug-likeness (QED) is 0.523. The second-order valence-electron chi connectivity index (χ2n) is 4.73. The molecule has 0 aromatic rings. The van der Waals surface area contributed by atoms with Crippen molar-refractivity contribution in [3.8, 4) is 0 Å². The van der Waals surface area contributed by atoms with Crippen LogP contribution in [0.25, 0.3) is 0 Å². The van der Waals surface area contributed by atoms with Gasteiger partial charge in [0.1, 0.15) is 0 Å². The lowest BCUT2D eigenvalue weighted by Crippen LogP contribution is -2.21. The van der Waals surface area contributed by atoms with Crippen LogP contribution < -0.4 is 0 Å². The Kier molecular flexibility index (Phi) is 2.07. The van der Waals surface area contributed by atoms with Gasteiger partial charge in [0.15, 0.2) is 0 Å². The smallest absolute Gasteiger partial charge is 0.0323 e. The van der Waals surface area contributed by atoms with Crippen LogP contribution in [-0.4, -0.2) is 0 Å². The second kappa shape index (κ2) is 2.56. The summed E-state index contributed by atoms with van der Waals surface area (Å²) in [6.07, 6.45) is 4.36. The summed E-state index contributed by atoms with van der Waals surface area (Å²) in [5, 5.41) is 0. The molecule has 0 heteroatoms. The maximum absolute atomic E-state index is 2.42. The molecule has 1 aliphatic carbocycles. The Morgan fingerprint density at radius 2 is 1.90 bits per heavy atom. The van der Waals surface area contributed by atoms with Crippen molar-refractivity contribution >= 4 is 0 Å². The van der Waals surface area contributed by atoms with Crippen molar-refractivity contribution in [3.05, 3.63) is 0 Å². The molecule has 1 atom stereocenters. The largest absolute Gasteiger partial charge is 0.0625 e. The molecular weight excluding hydrogens is 120 g/mol. The van der Waals surface area contributed by atoms with Gasteiger partial charge in [-0.2, -0.15) is 0 Å². The van der Waals surface area contributed by atoms with Gasteiger partial charge in [-0.3, -0.25) is 0 Å². The SMILES string of the molecule is CC(C)C1CCCC1(C)C. The van der Waals surface area contributed by atoms with E-state index < -0.39 is 0 Å². The number of hydrogen-bond donors (Lipinski definition) is 0. The van der Waals surface area contributed by atoms with Crippen LogP contribution in [0.1, 0.15) is 47.0 Å². The van der Waals surface area contributed by atoms with Crippen molar-refractivity contribution in [2.45, 2.75) is 47.0 Å². The molecule has 0 aliphatic heterocycles. The molecule has 60 valence electrons. The Bertz CT molecular complexity index is 111. The van der Waals surface area contributed by atoms with Crippen molar-refractivity contribution in [1.29, 1.82) is 0 Å². The topological polar surface area (TPSA) is 0 Å². The van der Waals surface area contributed by atoms with Gasteiger partial charge in [0, 0.05) is 0 Å². The van der Waals surface area contributed by atoms with Crippen LogP contribution in [0, 0.1) is 17.3 Å². The van der Waals surface area contributed by atoms with Gasteiger partial charge in [-0.1, -0.05) is 34.1 Å². The highest BCUT2D eigenvalue weighted by molar-refractivity contribution is 4.86. The van der Waals surface area contributed by atoms with Crippen molar-refractivity contribution < 1.29 is 0 Å². The molecule has 0 aromatic heterocycles. The fraction of sp³-hybridized carbons (Fsp3) is 1.00. The third-order valence-electron chi connectivity index (χ3n) is 3.14. The van der Waals surface area contributed by atoms with E-state index >= 15 is 0 Å². The summed E-state index contributed by atoms with van der Waals surface area (Å²) in [6, 6.07) is 0. The zero-order valence-corrected chi connectivity index (χ0v) is 7.78. The van der Waals surface area contributed by atoms with E-state index in [1.165, 1.54) is 19.3 Å². The maximum Gasteiger partial charge on any atom is -0.0323 e. The van der Waals surface area contributed by atoms with Crippen LogP contribution in [-0.2, 0) is 0 Å². The molecule has 0 saturated heterocycles. The molecule has 0 amide bonds. The molecule has 1 unspecified atom stereocenters. The highest BCUT2D eigenvalue weighted by atomic mass is 14.4. The third-order valence-corrected chi connectivity index (χ3v) is 3.14. The first-order valence-electron chi connectivity index (χ1n) is 4.54. The lowest BCUT2D eigenvalue weighted by atomic mass is 9.76. The Morgan fingerprint density at radius 3 is 2.10 bits per heavy atom. The molecule has 0 bridgehead atoms. The fourth-order valence-corrected chi connectivity index (χ4v) is 2.59. The highest BCUT2D eigenvalue weighted by Gasteiger charge is 2.35. The fourth-order valence-electron chi connectivity index (χ4n) is 2.59. The average molecular weight is 140 g/mol. The summed E-state index contributed by atoms with van der Waals surface area (Å²) in [6.45, 7) is 9.56. The number of rotatable bonds is 1. The summed E-state index contributed by atoms with van der Waals surface area (Å²) in [4.78, 5) is 0. The van der Waals surface area contributed by atoms with Crippen LogP contribution in [0.4, 0.5) is 0 Å². The van der Waals surface area contributed by atoms with Crippen LogP contribution in [0.15, 0.2) is 0 Å². The summed E-state index contributed by atoms with van der Waals surface area (Å²) >= 11 is 0. The van der Waals surface area contributed by atoms with Gasteiger partial charge < -0.3 is 0 Å². The van der Waals surface area contributed by atoms with E-state index in [-0.39, 0.29) is 0 Å². The minimum atomic E-state index is 0.633. The van der Waals surface area contributed by atoms with Crippen LogP contribution >= 0.6 is 0 Å². The Balaban J connectivity index is 2.59. The normalized spacial score (nSPS) is 31.5. The molecule has 1 rings (SSSR count). The molecule has 0 N–H and O–H groups in total. The molecule has 0 nitrogen and oxygen atoms in total. The van der Waals surface area contributed by atoms with E-state index in [0.717, 1.165) is 11.8 Å². The van der Waals surface area contributed by atoms with Crippen molar-refractivity contribution in [3.63, 3.8) is 0 Å². The number of hydrogen-bond acceptors (Lipinski definition) is 0. The molecule has 1 aliphatic rings. The van der Waals surface area contributed by atoms with Crippen LogP contribution in [0.5, 0.6) is 0 Å². The van der Waals surface area contributed by atoms with E-state index in [4.69, 9.17) is 0 Å². The van der Waals surface area contributed by atoms with E-state index in [1.807, 2.05) is 0 Å². The van der Waals surface area contributed by atoms with Gasteiger partial charge in [-0.25, -0.2) is 0 Å². The zero-order valence-electron chi connectivity index (χ0n) is 7.78. The Morgan fingerprint density at radius 1 is 1.30 bits per heavy atom. The summed E-state index contributed by atoms with van der Waals surface area (Å²) in [5.74, 6) is 1.87. The van der Waals surface area contributed by atoms with Crippen molar-refractivity contribution in [2.24, 2.45) is 17.3 Å². The maximum atomic E-state index is 2.42. The van der Waals surface area contributed by atoms with Crippen LogP contribution in [0.3, 0.4) is 0 Å². The second-order valence-corrected chi connectivity index (χ2v) is 4.73. The van der Waals surface area contributed by atoms with Gasteiger partial charge in [0.05, 0.1) is 0 Å². The molecule has 1 fully saturated rings. The molecular formula is C10H20. The van der Waals surface area contributed by atoms with Gasteiger partial charge in [-0.15, -0.1) is 0 Å². The van der Waals surface area contributed by atoms with Crippen molar-refractivity contribution in [1.82, 2.24) is 0 Å². The molecule has 0 aromatic carbocycles. The van der Waals surface area contributed by atoms with E-state index in [2.05, 4.69) is 27.7 Å². The van der Waals surface area contributed by atoms with E-state index in [9.17, 15) is 0 Å². The van der Waals surface area contributed by atoms with Gasteiger partial charge in [0.2, 0.25) is 0 Å². The summed E-state index contributed by atoms with van der Waals surface area (Å²) in [7, 11) is 0. The minimum absolute atomic E-state index is 0.633.